The zero-order valence-corrected chi connectivity index (χ0v) is 16.4. The van der Waals surface area contributed by atoms with Crippen molar-refractivity contribution < 1.29 is 14.3 Å². The van der Waals surface area contributed by atoms with Gasteiger partial charge in [-0.2, -0.15) is 0 Å². The molecule has 5 atom stereocenters. The molecule has 2 N–H and O–H groups in total. The predicted molar refractivity (Wildman–Crippen MR) is 105 cm³/mol. The number of esters is 1. The minimum Gasteiger partial charge on any atom is -0.465 e. The predicted octanol–water partition coefficient (Wildman–Crippen LogP) is 2.49. The highest BCUT2D eigenvalue weighted by atomic mass is 16.5. The second-order valence-electron chi connectivity index (χ2n) is 7.86. The van der Waals surface area contributed by atoms with E-state index in [-0.39, 0.29) is 23.8 Å². The maximum Gasteiger partial charge on any atom is 0.323 e. The van der Waals surface area contributed by atoms with Crippen LogP contribution < -0.4 is 10.6 Å². The number of carbonyl (C=O) groups excluding carboxylic acids is 2. The summed E-state index contributed by atoms with van der Waals surface area (Å²) < 4.78 is 5.24. The van der Waals surface area contributed by atoms with Crippen LogP contribution in [0.15, 0.2) is 30.3 Å². The molecule has 2 fully saturated rings. The van der Waals surface area contributed by atoms with E-state index in [4.69, 9.17) is 4.74 Å². The summed E-state index contributed by atoms with van der Waals surface area (Å²) >= 11 is 0. The summed E-state index contributed by atoms with van der Waals surface area (Å²) in [5, 5.41) is 6.68. The van der Waals surface area contributed by atoms with Crippen LogP contribution in [0.2, 0.25) is 0 Å². The van der Waals surface area contributed by atoms with E-state index in [1.54, 1.807) is 0 Å². The third-order valence-electron chi connectivity index (χ3n) is 6.07. The number of hydrogen-bond donors (Lipinski definition) is 2. The summed E-state index contributed by atoms with van der Waals surface area (Å²) in [5.74, 6) is 1.02. The summed E-state index contributed by atoms with van der Waals surface area (Å²) in [6.07, 6.45) is 4.97. The molecule has 27 heavy (non-hydrogen) atoms. The molecular weight excluding hydrogens is 340 g/mol. The average molecular weight is 373 g/mol. The molecule has 0 spiro atoms. The Kier molecular flexibility index (Phi) is 7.02. The first-order valence-corrected chi connectivity index (χ1v) is 10.3. The molecule has 0 amide bonds. The Labute approximate surface area is 162 Å². The number of aryl methyl sites for hydroxylation is 1. The van der Waals surface area contributed by atoms with Gasteiger partial charge in [0, 0.05) is 0 Å². The Morgan fingerprint density at radius 2 is 2.04 bits per heavy atom. The topological polar surface area (TPSA) is 67.4 Å². The molecule has 0 aromatic heterocycles. The second-order valence-corrected chi connectivity index (χ2v) is 7.86. The Bertz CT molecular complexity index is 634. The smallest absolute Gasteiger partial charge is 0.323 e. The summed E-state index contributed by atoms with van der Waals surface area (Å²) in [5.41, 5.74) is 1.18. The van der Waals surface area contributed by atoms with Crippen LogP contribution in [0.5, 0.6) is 0 Å². The van der Waals surface area contributed by atoms with E-state index >= 15 is 0 Å². The summed E-state index contributed by atoms with van der Waals surface area (Å²) in [7, 11) is 0. The number of nitrogens with one attached hydrogen (secondary N) is 2. The van der Waals surface area contributed by atoms with Crippen LogP contribution in [0.1, 0.15) is 45.1 Å². The molecule has 1 aliphatic carbocycles. The second kappa shape index (κ2) is 9.47. The zero-order valence-electron chi connectivity index (χ0n) is 16.4. The van der Waals surface area contributed by atoms with Crippen LogP contribution >= 0.6 is 0 Å². The van der Waals surface area contributed by atoms with E-state index in [2.05, 4.69) is 22.8 Å². The fourth-order valence-corrected chi connectivity index (χ4v) is 4.62. The van der Waals surface area contributed by atoms with Gasteiger partial charge in [0.1, 0.15) is 6.04 Å². The van der Waals surface area contributed by atoms with E-state index in [9.17, 15) is 9.59 Å². The van der Waals surface area contributed by atoms with Crippen LogP contribution in [0.4, 0.5) is 0 Å². The molecule has 1 aromatic carbocycles. The highest BCUT2D eigenvalue weighted by molar-refractivity contribution is 5.90. The van der Waals surface area contributed by atoms with Crippen molar-refractivity contribution in [3.8, 4) is 0 Å². The van der Waals surface area contributed by atoms with Crippen LogP contribution in [-0.2, 0) is 20.7 Å². The lowest BCUT2D eigenvalue weighted by Crippen LogP contribution is -2.52. The van der Waals surface area contributed by atoms with Gasteiger partial charge < -0.3 is 10.1 Å². The van der Waals surface area contributed by atoms with Crippen molar-refractivity contribution in [2.24, 2.45) is 11.8 Å². The molecule has 1 heterocycles. The van der Waals surface area contributed by atoms with Crippen LogP contribution in [0.25, 0.3) is 0 Å². The number of benzene rings is 1. The van der Waals surface area contributed by atoms with Crippen LogP contribution in [0, 0.1) is 11.8 Å². The number of fused-ring (bicyclic) bond motifs is 1. The van der Waals surface area contributed by atoms with Crippen molar-refractivity contribution in [2.75, 3.05) is 13.2 Å². The summed E-state index contributed by atoms with van der Waals surface area (Å²) in [6.45, 7) is 4.98. The van der Waals surface area contributed by atoms with Gasteiger partial charge >= 0.3 is 5.97 Å². The number of ketones is 1. The van der Waals surface area contributed by atoms with Gasteiger partial charge in [0.15, 0.2) is 5.78 Å². The van der Waals surface area contributed by atoms with Crippen molar-refractivity contribution in [3.05, 3.63) is 35.9 Å². The number of rotatable bonds is 9. The first-order valence-electron chi connectivity index (χ1n) is 10.3. The molecule has 4 unspecified atom stereocenters. The minimum absolute atomic E-state index is 0.0723. The zero-order chi connectivity index (χ0) is 19.2. The Balaban J connectivity index is 1.60. The van der Waals surface area contributed by atoms with Gasteiger partial charge in [-0.15, -0.1) is 0 Å². The lowest BCUT2D eigenvalue weighted by molar-refractivity contribution is -0.146. The van der Waals surface area contributed by atoms with Crippen molar-refractivity contribution in [1.29, 1.82) is 0 Å². The fourth-order valence-electron chi connectivity index (χ4n) is 4.62. The number of hydrogen-bond acceptors (Lipinski definition) is 5. The monoisotopic (exact) mass is 372 g/mol. The van der Waals surface area contributed by atoms with Crippen LogP contribution in [-0.4, -0.2) is 43.0 Å². The first kappa shape index (κ1) is 20.0. The first-order chi connectivity index (χ1) is 13.1. The van der Waals surface area contributed by atoms with Crippen LogP contribution in [0.3, 0.4) is 0 Å². The van der Waals surface area contributed by atoms with Gasteiger partial charge in [-0.1, -0.05) is 36.8 Å². The van der Waals surface area contributed by atoms with Gasteiger partial charge in [-0.3, -0.25) is 14.9 Å². The largest absolute Gasteiger partial charge is 0.465 e. The van der Waals surface area contributed by atoms with Gasteiger partial charge in [-0.25, -0.2) is 0 Å². The number of ether oxygens (including phenoxy) is 1. The molecule has 148 valence electrons. The quantitative estimate of drug-likeness (QED) is 0.652. The van der Waals surface area contributed by atoms with E-state index in [0.29, 0.717) is 24.9 Å². The summed E-state index contributed by atoms with van der Waals surface area (Å²) in [6, 6.07) is 9.18. The highest BCUT2D eigenvalue weighted by Crippen LogP contribution is 2.38. The van der Waals surface area contributed by atoms with Gasteiger partial charge in [0.05, 0.1) is 18.7 Å². The SMILES string of the molecule is CCOC(=O)C(CCc1ccccc1)N[C@@H](C)C(=O)C1NCC2CCCC21. The maximum absolute atomic E-state index is 13.0. The molecule has 5 heteroatoms. The van der Waals surface area contributed by atoms with Gasteiger partial charge in [-0.05, 0) is 63.5 Å². The Hall–Kier alpha value is -1.72. The van der Waals surface area contributed by atoms with E-state index in [0.717, 1.165) is 19.4 Å². The normalized spacial score (nSPS) is 26.4. The standard InChI is InChI=1S/C22H32N2O3/c1-3-27-22(26)19(13-12-16-8-5-4-6-9-16)24-15(2)21(25)20-18-11-7-10-17(18)14-23-20/h4-6,8-9,15,17-20,23-24H,3,7,10-14H2,1-2H3/t15-,17?,18?,19?,20?/m0/s1. The lowest BCUT2D eigenvalue weighted by Gasteiger charge is -2.25. The lowest BCUT2D eigenvalue weighted by atomic mass is 9.89. The number of Topliss-reactive ketones (excluding diaryl/α,β-unsaturated/α-hetero) is 1. The molecule has 1 aliphatic heterocycles. The van der Waals surface area contributed by atoms with E-state index in [1.165, 1.54) is 18.4 Å². The minimum atomic E-state index is -0.468. The molecule has 1 saturated carbocycles. The molecule has 5 nitrogen and oxygen atoms in total. The molecule has 1 saturated heterocycles. The van der Waals surface area contributed by atoms with Crippen molar-refractivity contribution in [1.82, 2.24) is 10.6 Å². The van der Waals surface area contributed by atoms with E-state index in [1.807, 2.05) is 32.0 Å². The fraction of sp³-hybridized carbons (Fsp3) is 0.636. The van der Waals surface area contributed by atoms with Crippen molar-refractivity contribution in [3.63, 3.8) is 0 Å². The van der Waals surface area contributed by atoms with E-state index < -0.39 is 6.04 Å². The molecule has 1 aromatic rings. The molecular formula is C22H32N2O3. The van der Waals surface area contributed by atoms with Gasteiger partial charge in [0.2, 0.25) is 0 Å². The average Bonchev–Trinajstić information content (AvgIpc) is 3.29. The van der Waals surface area contributed by atoms with Crippen molar-refractivity contribution in [2.45, 2.75) is 64.1 Å². The number of carbonyl (C=O) groups is 2. The Morgan fingerprint density at radius 1 is 1.26 bits per heavy atom. The highest BCUT2D eigenvalue weighted by Gasteiger charge is 2.43. The maximum atomic E-state index is 13.0. The third-order valence-corrected chi connectivity index (χ3v) is 6.07. The molecule has 0 bridgehead atoms. The third kappa shape index (κ3) is 4.96. The summed E-state index contributed by atoms with van der Waals surface area (Å²) in [4.78, 5) is 25.4. The van der Waals surface area contributed by atoms with Gasteiger partial charge in [0.25, 0.3) is 0 Å². The molecule has 3 rings (SSSR count). The van der Waals surface area contributed by atoms with Crippen molar-refractivity contribution >= 4 is 11.8 Å². The molecule has 2 aliphatic rings. The Morgan fingerprint density at radius 3 is 2.78 bits per heavy atom. The molecule has 0 radical (unpaired) electrons.